The fourth-order valence-electron chi connectivity index (χ4n) is 4.56. The Balaban J connectivity index is 1.32. The molecule has 2 aromatic heterocycles. The van der Waals surface area contributed by atoms with Gasteiger partial charge in [-0.1, -0.05) is 41.7 Å². The number of rotatable bonds is 6. The van der Waals surface area contributed by atoms with E-state index in [-0.39, 0.29) is 17.3 Å². The molecule has 37 heavy (non-hydrogen) atoms. The van der Waals surface area contributed by atoms with E-state index >= 15 is 0 Å². The number of anilines is 2. The number of sulfonamides is 1. The average Bonchev–Trinajstić information content (AvgIpc) is 3.61. The molecule has 0 radical (unpaired) electrons. The van der Waals surface area contributed by atoms with Gasteiger partial charge in [0.05, 0.1) is 33.6 Å². The molecular weight excluding hydrogens is 506 g/mol. The standard InChI is InChI=1S/C28H23N3O4S2/c32-27(30(19-22-9-6-18-35-22)28-29-24-10-2-4-12-26(24)36-28)21-13-15-23(16-14-21)37(33,34)31-17-5-8-20-7-1-3-11-25(20)31/h1-4,6-7,9-16,18H,5,8,17,19H2. The maximum absolute atomic E-state index is 13.7. The summed E-state index contributed by atoms with van der Waals surface area (Å²) in [5.74, 6) is 0.332. The monoisotopic (exact) mass is 529 g/mol. The second-order valence-corrected chi connectivity index (χ2v) is 11.6. The van der Waals surface area contributed by atoms with Crippen molar-refractivity contribution >= 4 is 48.3 Å². The first-order valence-electron chi connectivity index (χ1n) is 11.9. The molecule has 0 saturated heterocycles. The second-order valence-electron chi connectivity index (χ2n) is 8.77. The van der Waals surface area contributed by atoms with Gasteiger partial charge in [0.2, 0.25) is 0 Å². The normalized spacial score (nSPS) is 13.5. The molecular formula is C28H23N3O4S2. The lowest BCUT2D eigenvalue weighted by Crippen LogP contribution is -2.35. The molecule has 5 aromatic rings. The van der Waals surface area contributed by atoms with E-state index in [0.717, 1.165) is 34.3 Å². The summed E-state index contributed by atoms with van der Waals surface area (Å²) in [6.07, 6.45) is 3.18. The minimum Gasteiger partial charge on any atom is -0.467 e. The van der Waals surface area contributed by atoms with Gasteiger partial charge in [-0.2, -0.15) is 0 Å². The van der Waals surface area contributed by atoms with Crippen LogP contribution in [0.25, 0.3) is 10.2 Å². The first-order valence-corrected chi connectivity index (χ1v) is 14.2. The molecule has 0 bridgehead atoms. The number of furan rings is 1. The summed E-state index contributed by atoms with van der Waals surface area (Å²) < 4.78 is 35.0. The van der Waals surface area contributed by atoms with Gasteiger partial charge in [0, 0.05) is 12.1 Å². The van der Waals surface area contributed by atoms with Gasteiger partial charge in [0.15, 0.2) is 5.13 Å². The van der Waals surface area contributed by atoms with Crippen LogP contribution in [-0.2, 0) is 23.0 Å². The number of benzene rings is 3. The molecule has 186 valence electrons. The number of hydrogen-bond acceptors (Lipinski definition) is 6. The van der Waals surface area contributed by atoms with Crippen molar-refractivity contribution in [3.05, 3.63) is 108 Å². The number of fused-ring (bicyclic) bond motifs is 2. The van der Waals surface area contributed by atoms with Crippen molar-refractivity contribution in [3.8, 4) is 0 Å². The lowest BCUT2D eigenvalue weighted by Gasteiger charge is -2.30. The summed E-state index contributed by atoms with van der Waals surface area (Å²) >= 11 is 1.42. The van der Waals surface area contributed by atoms with Crippen LogP contribution in [-0.4, -0.2) is 25.9 Å². The third kappa shape index (κ3) is 4.41. The van der Waals surface area contributed by atoms with Crippen LogP contribution in [0, 0.1) is 0 Å². The number of nitrogens with zero attached hydrogens (tertiary/aromatic N) is 3. The number of amides is 1. The van der Waals surface area contributed by atoms with Crippen molar-refractivity contribution < 1.29 is 17.6 Å². The highest BCUT2D eigenvalue weighted by atomic mass is 32.2. The van der Waals surface area contributed by atoms with Crippen molar-refractivity contribution in [2.24, 2.45) is 0 Å². The summed E-state index contributed by atoms with van der Waals surface area (Å²) in [5.41, 5.74) is 2.91. The number of carbonyl (C=O) groups excluding carboxylic acids is 1. The Kier molecular flexibility index (Phi) is 6.02. The summed E-state index contributed by atoms with van der Waals surface area (Å²) in [6.45, 7) is 0.630. The zero-order valence-corrected chi connectivity index (χ0v) is 21.4. The molecule has 0 N–H and O–H groups in total. The van der Waals surface area contributed by atoms with Gasteiger partial charge < -0.3 is 4.42 Å². The molecule has 0 saturated carbocycles. The lowest BCUT2D eigenvalue weighted by molar-refractivity contribution is 0.0983. The third-order valence-electron chi connectivity index (χ3n) is 6.41. The number of para-hydroxylation sites is 2. The Morgan fingerprint density at radius 1 is 0.973 bits per heavy atom. The number of hydrogen-bond donors (Lipinski definition) is 0. The largest absolute Gasteiger partial charge is 0.467 e. The van der Waals surface area contributed by atoms with E-state index < -0.39 is 10.0 Å². The summed E-state index contributed by atoms with van der Waals surface area (Å²) in [4.78, 5) is 20.0. The van der Waals surface area contributed by atoms with Gasteiger partial charge in [-0.15, -0.1) is 0 Å². The smallest absolute Gasteiger partial charge is 0.264 e. The van der Waals surface area contributed by atoms with Gasteiger partial charge in [0.1, 0.15) is 5.76 Å². The van der Waals surface area contributed by atoms with E-state index in [9.17, 15) is 13.2 Å². The van der Waals surface area contributed by atoms with Crippen LogP contribution in [0.1, 0.15) is 28.1 Å². The van der Waals surface area contributed by atoms with Crippen LogP contribution < -0.4 is 9.21 Å². The summed E-state index contributed by atoms with van der Waals surface area (Å²) in [6, 6.07) is 25.0. The minimum absolute atomic E-state index is 0.151. The molecule has 3 aromatic carbocycles. The van der Waals surface area contributed by atoms with Crippen LogP contribution in [0.5, 0.6) is 0 Å². The maximum atomic E-state index is 13.7. The van der Waals surface area contributed by atoms with Gasteiger partial charge in [0.25, 0.3) is 15.9 Å². The van der Waals surface area contributed by atoms with Crippen LogP contribution in [0.2, 0.25) is 0 Å². The average molecular weight is 530 g/mol. The van der Waals surface area contributed by atoms with Crippen molar-refractivity contribution in [2.45, 2.75) is 24.3 Å². The predicted octanol–water partition coefficient (Wildman–Crippen LogP) is 5.88. The molecule has 0 aliphatic carbocycles. The molecule has 9 heteroatoms. The van der Waals surface area contributed by atoms with E-state index in [1.807, 2.05) is 48.5 Å². The van der Waals surface area contributed by atoms with Crippen LogP contribution in [0.15, 0.2) is 101 Å². The molecule has 0 fully saturated rings. The van der Waals surface area contributed by atoms with Crippen LogP contribution in [0.3, 0.4) is 0 Å². The van der Waals surface area contributed by atoms with Gasteiger partial charge in [-0.05, 0) is 73.0 Å². The van der Waals surface area contributed by atoms with Gasteiger partial charge in [-0.25, -0.2) is 13.4 Å². The molecule has 6 rings (SSSR count). The first kappa shape index (κ1) is 23.4. The predicted molar refractivity (Wildman–Crippen MR) is 145 cm³/mol. The summed E-state index contributed by atoms with van der Waals surface area (Å²) in [5, 5.41) is 0.546. The van der Waals surface area contributed by atoms with E-state index in [1.165, 1.54) is 27.8 Å². The van der Waals surface area contributed by atoms with Crippen LogP contribution in [0.4, 0.5) is 10.8 Å². The minimum atomic E-state index is -3.77. The Morgan fingerprint density at radius 3 is 2.54 bits per heavy atom. The molecule has 0 atom stereocenters. The number of aromatic nitrogens is 1. The van der Waals surface area contributed by atoms with E-state index in [4.69, 9.17) is 4.42 Å². The molecule has 7 nitrogen and oxygen atoms in total. The third-order valence-corrected chi connectivity index (χ3v) is 9.30. The number of aryl methyl sites for hydroxylation is 1. The topological polar surface area (TPSA) is 83.7 Å². The molecule has 0 spiro atoms. The molecule has 1 aliphatic heterocycles. The fourth-order valence-corrected chi connectivity index (χ4v) is 7.07. The maximum Gasteiger partial charge on any atom is 0.264 e. The van der Waals surface area contributed by atoms with Gasteiger partial charge in [-0.3, -0.25) is 14.0 Å². The van der Waals surface area contributed by atoms with Gasteiger partial charge >= 0.3 is 0 Å². The Labute approximate surface area is 218 Å². The number of thiazole rings is 1. The highest BCUT2D eigenvalue weighted by molar-refractivity contribution is 7.92. The van der Waals surface area contributed by atoms with Crippen molar-refractivity contribution in [1.29, 1.82) is 0 Å². The van der Waals surface area contributed by atoms with E-state index in [1.54, 1.807) is 35.4 Å². The fraction of sp³-hybridized carbons (Fsp3) is 0.143. The summed E-state index contributed by atoms with van der Waals surface area (Å²) in [7, 11) is -3.77. The molecule has 0 unspecified atom stereocenters. The van der Waals surface area contributed by atoms with Crippen molar-refractivity contribution in [3.63, 3.8) is 0 Å². The highest BCUT2D eigenvalue weighted by Crippen LogP contribution is 2.33. The Hall–Kier alpha value is -3.95. The Bertz CT molecular complexity index is 1640. The van der Waals surface area contributed by atoms with E-state index in [0.29, 0.717) is 23.0 Å². The van der Waals surface area contributed by atoms with Crippen LogP contribution >= 0.6 is 11.3 Å². The number of carbonyl (C=O) groups is 1. The Morgan fingerprint density at radius 2 is 1.76 bits per heavy atom. The highest BCUT2D eigenvalue weighted by Gasteiger charge is 2.29. The lowest BCUT2D eigenvalue weighted by atomic mass is 10.0. The quantitative estimate of drug-likeness (QED) is 0.274. The molecule has 3 heterocycles. The SMILES string of the molecule is O=C(c1ccc(S(=O)(=O)N2CCCc3ccccc32)cc1)N(Cc1ccco1)c1nc2ccccc2s1. The van der Waals surface area contributed by atoms with E-state index in [2.05, 4.69) is 4.98 Å². The second kappa shape index (κ2) is 9.49. The zero-order chi connectivity index (χ0) is 25.4. The zero-order valence-electron chi connectivity index (χ0n) is 19.8. The first-order chi connectivity index (χ1) is 18.0. The molecule has 1 aliphatic rings. The van der Waals surface area contributed by atoms with Crippen molar-refractivity contribution in [1.82, 2.24) is 4.98 Å². The van der Waals surface area contributed by atoms with Crippen molar-refractivity contribution in [2.75, 3.05) is 15.7 Å². The molecule has 1 amide bonds.